The van der Waals surface area contributed by atoms with E-state index in [1.54, 1.807) is 48.5 Å². The molecular weight excluding hydrogens is 424 g/mol. The molecule has 4 rings (SSSR count). The highest BCUT2D eigenvalue weighted by Gasteiger charge is 2.22. The van der Waals surface area contributed by atoms with Gasteiger partial charge in [0, 0.05) is 0 Å². The van der Waals surface area contributed by atoms with Crippen LogP contribution in [0.3, 0.4) is 0 Å². The van der Waals surface area contributed by atoms with E-state index in [4.69, 9.17) is 4.74 Å². The fraction of sp³-hybridized carbons (Fsp3) is 0.0500. The molecule has 0 aliphatic rings. The summed E-state index contributed by atoms with van der Waals surface area (Å²) in [5, 5.41) is 2.75. The maximum atomic E-state index is 13.0. The Labute approximate surface area is 176 Å². The Morgan fingerprint density at radius 2 is 1.67 bits per heavy atom. The second-order valence-corrected chi connectivity index (χ2v) is 8.37. The second-order valence-electron chi connectivity index (χ2n) is 6.19. The van der Waals surface area contributed by atoms with Crippen LogP contribution in [0.4, 0.5) is 11.4 Å². The lowest BCUT2D eigenvalue weighted by molar-refractivity contribution is 0.102. The predicted molar refractivity (Wildman–Crippen MR) is 116 cm³/mol. The molecule has 0 atom stereocenters. The summed E-state index contributed by atoms with van der Waals surface area (Å²) in [6, 6.07) is 18.0. The summed E-state index contributed by atoms with van der Waals surface area (Å²) >= 11 is 0.934. The van der Waals surface area contributed by atoms with Gasteiger partial charge in [-0.15, -0.1) is 0 Å². The minimum absolute atomic E-state index is 0.00584. The highest BCUT2D eigenvalue weighted by Crippen LogP contribution is 2.27. The number of sulfonamides is 1. The standard InChI is InChI=1S/C20H16N4O4S2/c1-28-17-11-5-4-9-15(17)21-20(25)13-7-2-3-8-14(13)24-30(26,27)18-12-6-10-16-19(18)23-29-22-16/h2-12,24H,1H3,(H,21,25). The molecule has 0 spiro atoms. The van der Waals surface area contributed by atoms with Gasteiger partial charge in [0.15, 0.2) is 0 Å². The van der Waals surface area contributed by atoms with Gasteiger partial charge in [-0.05, 0) is 36.4 Å². The fourth-order valence-corrected chi connectivity index (χ4v) is 4.75. The third kappa shape index (κ3) is 3.82. The number of hydrogen-bond donors (Lipinski definition) is 2. The Hall–Kier alpha value is -3.50. The van der Waals surface area contributed by atoms with Crippen molar-refractivity contribution in [2.75, 3.05) is 17.1 Å². The lowest BCUT2D eigenvalue weighted by Gasteiger charge is -2.14. The van der Waals surface area contributed by atoms with Gasteiger partial charge in [-0.3, -0.25) is 9.52 Å². The lowest BCUT2D eigenvalue weighted by atomic mass is 10.1. The van der Waals surface area contributed by atoms with Crippen LogP contribution in [-0.2, 0) is 10.0 Å². The van der Waals surface area contributed by atoms with E-state index in [9.17, 15) is 13.2 Å². The topological polar surface area (TPSA) is 110 Å². The molecule has 1 amide bonds. The van der Waals surface area contributed by atoms with Crippen molar-refractivity contribution in [3.05, 3.63) is 72.3 Å². The molecule has 0 bridgehead atoms. The Balaban J connectivity index is 1.67. The van der Waals surface area contributed by atoms with Gasteiger partial charge in [-0.25, -0.2) is 8.42 Å². The van der Waals surface area contributed by atoms with Gasteiger partial charge >= 0.3 is 0 Å². The summed E-state index contributed by atoms with van der Waals surface area (Å²) in [7, 11) is -2.50. The molecule has 0 radical (unpaired) electrons. The van der Waals surface area contributed by atoms with Gasteiger partial charge in [0.2, 0.25) is 0 Å². The number of nitrogens with one attached hydrogen (secondary N) is 2. The van der Waals surface area contributed by atoms with Crippen LogP contribution in [-0.4, -0.2) is 30.2 Å². The second kappa shape index (κ2) is 8.09. The summed E-state index contributed by atoms with van der Waals surface area (Å²) in [6.45, 7) is 0. The molecule has 2 N–H and O–H groups in total. The zero-order valence-electron chi connectivity index (χ0n) is 15.7. The van der Waals surface area contributed by atoms with Crippen LogP contribution in [0, 0.1) is 0 Å². The average Bonchev–Trinajstić information content (AvgIpc) is 3.23. The van der Waals surface area contributed by atoms with Crippen molar-refractivity contribution < 1.29 is 17.9 Å². The molecule has 30 heavy (non-hydrogen) atoms. The average molecular weight is 441 g/mol. The van der Waals surface area contributed by atoms with Gasteiger partial charge in [0.1, 0.15) is 21.7 Å². The number of carbonyl (C=O) groups excluding carboxylic acids is 1. The van der Waals surface area contributed by atoms with Crippen LogP contribution >= 0.6 is 11.7 Å². The summed E-state index contributed by atoms with van der Waals surface area (Å²) < 4.78 is 41.9. The number of anilines is 2. The highest BCUT2D eigenvalue weighted by molar-refractivity contribution is 7.93. The van der Waals surface area contributed by atoms with Crippen LogP contribution in [0.1, 0.15) is 10.4 Å². The zero-order chi connectivity index (χ0) is 21.1. The van der Waals surface area contributed by atoms with Crippen molar-refractivity contribution in [1.82, 2.24) is 8.75 Å². The first kappa shape index (κ1) is 19.8. The molecule has 152 valence electrons. The SMILES string of the molecule is COc1ccccc1NC(=O)c1ccccc1NS(=O)(=O)c1cccc2nsnc12. The Morgan fingerprint density at radius 3 is 2.47 bits per heavy atom. The number of methoxy groups -OCH3 is 1. The van der Waals surface area contributed by atoms with E-state index in [-0.39, 0.29) is 21.7 Å². The van der Waals surface area contributed by atoms with E-state index in [1.165, 1.54) is 25.3 Å². The summed E-state index contributed by atoms with van der Waals surface area (Å²) in [4.78, 5) is 12.9. The number of carbonyl (C=O) groups is 1. The van der Waals surface area contributed by atoms with Crippen LogP contribution in [0.5, 0.6) is 5.75 Å². The van der Waals surface area contributed by atoms with E-state index in [0.29, 0.717) is 17.0 Å². The summed E-state index contributed by atoms with van der Waals surface area (Å²) in [5.41, 5.74) is 1.55. The van der Waals surface area contributed by atoms with Crippen LogP contribution < -0.4 is 14.8 Å². The maximum absolute atomic E-state index is 13.0. The number of hydrogen-bond acceptors (Lipinski definition) is 7. The van der Waals surface area contributed by atoms with E-state index >= 15 is 0 Å². The summed E-state index contributed by atoms with van der Waals surface area (Å²) in [5.74, 6) is 0.0120. The molecule has 0 saturated heterocycles. The zero-order valence-corrected chi connectivity index (χ0v) is 17.3. The van der Waals surface area contributed by atoms with Crippen molar-refractivity contribution in [2.45, 2.75) is 4.90 Å². The van der Waals surface area contributed by atoms with Crippen molar-refractivity contribution in [2.24, 2.45) is 0 Å². The number of fused-ring (bicyclic) bond motifs is 1. The number of aromatic nitrogens is 2. The third-order valence-electron chi connectivity index (χ3n) is 4.31. The fourth-order valence-electron chi connectivity index (χ4n) is 2.91. The van der Waals surface area contributed by atoms with Crippen LogP contribution in [0.15, 0.2) is 71.6 Å². The van der Waals surface area contributed by atoms with Crippen molar-refractivity contribution >= 4 is 50.1 Å². The minimum Gasteiger partial charge on any atom is -0.495 e. The van der Waals surface area contributed by atoms with Gasteiger partial charge in [0.05, 0.1) is 35.8 Å². The number of amides is 1. The molecule has 8 nitrogen and oxygen atoms in total. The molecule has 0 saturated carbocycles. The molecule has 0 aliphatic carbocycles. The smallest absolute Gasteiger partial charge is 0.264 e. The number of para-hydroxylation sites is 3. The molecule has 1 aromatic heterocycles. The molecular formula is C20H16N4O4S2. The third-order valence-corrected chi connectivity index (χ3v) is 6.25. The molecule has 3 aromatic carbocycles. The maximum Gasteiger partial charge on any atom is 0.264 e. The first-order valence-corrected chi connectivity index (χ1v) is 11.0. The monoisotopic (exact) mass is 440 g/mol. The van der Waals surface area contributed by atoms with Crippen LogP contribution in [0.2, 0.25) is 0 Å². The van der Waals surface area contributed by atoms with Crippen molar-refractivity contribution in [1.29, 1.82) is 0 Å². The van der Waals surface area contributed by atoms with E-state index in [2.05, 4.69) is 18.8 Å². The van der Waals surface area contributed by atoms with Gasteiger partial charge < -0.3 is 10.1 Å². The number of rotatable bonds is 6. The highest BCUT2D eigenvalue weighted by atomic mass is 32.2. The predicted octanol–water partition coefficient (Wildman–Crippen LogP) is 3.75. The molecule has 4 aromatic rings. The molecule has 0 aliphatic heterocycles. The number of ether oxygens (including phenoxy) is 1. The van der Waals surface area contributed by atoms with Crippen molar-refractivity contribution in [3.63, 3.8) is 0 Å². The Kier molecular flexibility index (Phi) is 5.34. The quantitative estimate of drug-likeness (QED) is 0.472. The molecule has 0 fully saturated rings. The minimum atomic E-state index is -4.00. The Morgan fingerprint density at radius 1 is 0.933 bits per heavy atom. The van der Waals surface area contributed by atoms with Crippen LogP contribution in [0.25, 0.3) is 11.0 Å². The van der Waals surface area contributed by atoms with Crippen molar-refractivity contribution in [3.8, 4) is 5.75 Å². The van der Waals surface area contributed by atoms with Gasteiger partial charge in [0.25, 0.3) is 15.9 Å². The van der Waals surface area contributed by atoms with Gasteiger partial charge in [-0.1, -0.05) is 30.3 Å². The number of nitrogens with zero attached hydrogens (tertiary/aromatic N) is 2. The van der Waals surface area contributed by atoms with E-state index in [1.807, 2.05) is 0 Å². The van der Waals surface area contributed by atoms with E-state index < -0.39 is 15.9 Å². The Bertz CT molecular complexity index is 1340. The number of benzene rings is 3. The molecule has 1 heterocycles. The van der Waals surface area contributed by atoms with E-state index in [0.717, 1.165) is 11.7 Å². The molecule has 10 heteroatoms. The largest absolute Gasteiger partial charge is 0.495 e. The first-order valence-electron chi connectivity index (χ1n) is 8.77. The lowest BCUT2D eigenvalue weighted by Crippen LogP contribution is -2.19. The summed E-state index contributed by atoms with van der Waals surface area (Å²) in [6.07, 6.45) is 0. The van der Waals surface area contributed by atoms with Gasteiger partial charge in [-0.2, -0.15) is 8.75 Å². The normalized spacial score (nSPS) is 11.2. The molecule has 0 unspecified atom stereocenters. The first-order chi connectivity index (χ1) is 14.5.